The Morgan fingerprint density at radius 2 is 1.94 bits per heavy atom. The Morgan fingerprint density at radius 1 is 1.10 bits per heavy atom. The fourth-order valence-electron chi connectivity index (χ4n) is 3.65. The smallest absolute Gasteiger partial charge is 0.319 e. The summed E-state index contributed by atoms with van der Waals surface area (Å²) < 4.78 is 5.16. The predicted molar refractivity (Wildman–Crippen MR) is 123 cm³/mol. The molecule has 4 rings (SSSR count). The van der Waals surface area contributed by atoms with Crippen molar-refractivity contribution in [1.29, 1.82) is 0 Å². The summed E-state index contributed by atoms with van der Waals surface area (Å²) in [4.78, 5) is 27.6. The number of rotatable bonds is 6. The van der Waals surface area contributed by atoms with E-state index in [2.05, 4.69) is 10.6 Å². The number of nitrogens with zero attached hydrogens (tertiary/aromatic N) is 1. The Balaban J connectivity index is 1.30. The number of hydrogen-bond donors (Lipinski definition) is 2. The third-order valence-corrected chi connectivity index (χ3v) is 6.21. The van der Waals surface area contributed by atoms with Gasteiger partial charge < -0.3 is 20.3 Å². The molecule has 1 aliphatic rings. The molecular formula is C24H25N3O3S. The normalized spacial score (nSPS) is 12.7. The van der Waals surface area contributed by atoms with Crippen LogP contribution < -0.4 is 15.4 Å². The average Bonchev–Trinajstić information content (AvgIpc) is 3.33. The maximum Gasteiger partial charge on any atom is 0.319 e. The predicted octanol–water partition coefficient (Wildman–Crippen LogP) is 4.32. The topological polar surface area (TPSA) is 70.7 Å². The molecule has 0 saturated carbocycles. The van der Waals surface area contributed by atoms with Gasteiger partial charge in [-0.1, -0.05) is 24.3 Å². The van der Waals surface area contributed by atoms with Crippen LogP contribution in [0.25, 0.3) is 0 Å². The minimum Gasteiger partial charge on any atom is -0.497 e. The van der Waals surface area contributed by atoms with Gasteiger partial charge in [-0.25, -0.2) is 4.79 Å². The summed E-state index contributed by atoms with van der Waals surface area (Å²) in [5.41, 5.74) is 4.16. The van der Waals surface area contributed by atoms with Crippen LogP contribution in [0.2, 0.25) is 0 Å². The molecule has 3 amide bonds. The molecule has 2 heterocycles. The highest BCUT2D eigenvalue weighted by Crippen LogP contribution is 2.24. The molecule has 6 nitrogen and oxygen atoms in total. The first-order valence-corrected chi connectivity index (χ1v) is 11.1. The van der Waals surface area contributed by atoms with Crippen LogP contribution in [0.4, 0.5) is 10.5 Å². The van der Waals surface area contributed by atoms with Crippen LogP contribution in [0.3, 0.4) is 0 Å². The summed E-state index contributed by atoms with van der Waals surface area (Å²) in [7, 11) is 1.64. The summed E-state index contributed by atoms with van der Waals surface area (Å²) in [6.07, 6.45) is 1.56. The van der Waals surface area contributed by atoms with E-state index in [1.807, 2.05) is 64.9 Å². The Labute approximate surface area is 185 Å². The van der Waals surface area contributed by atoms with E-state index in [0.717, 1.165) is 40.3 Å². The zero-order chi connectivity index (χ0) is 21.6. The highest BCUT2D eigenvalue weighted by atomic mass is 32.1. The molecule has 2 aromatic carbocycles. The monoisotopic (exact) mass is 435 g/mol. The Kier molecular flexibility index (Phi) is 6.52. The number of methoxy groups -OCH3 is 1. The number of ether oxygens (including phenoxy) is 1. The molecule has 7 heteroatoms. The standard InChI is InChI=1S/C24H25N3O3S/c1-30-21-8-4-17(5-9-21)10-12-25-24(29)26-20-7-6-18-11-13-27(16-19(18)15-20)23(28)22-3-2-14-31-22/h2-9,14-15H,10-13,16H2,1H3,(H2,25,26,29). The molecule has 0 saturated heterocycles. The second-order valence-corrected chi connectivity index (χ2v) is 8.36. The molecule has 0 unspecified atom stereocenters. The molecule has 0 aliphatic carbocycles. The molecule has 2 N–H and O–H groups in total. The first kappa shape index (κ1) is 20.9. The lowest BCUT2D eigenvalue weighted by atomic mass is 9.99. The lowest BCUT2D eigenvalue weighted by Gasteiger charge is -2.29. The van der Waals surface area contributed by atoms with Crippen LogP contribution in [0.5, 0.6) is 5.75 Å². The SMILES string of the molecule is COc1ccc(CCNC(=O)Nc2ccc3c(c2)CN(C(=O)c2cccs2)CC3)cc1. The van der Waals surface area contributed by atoms with Crippen LogP contribution in [0.1, 0.15) is 26.4 Å². The maximum absolute atomic E-state index is 12.7. The maximum atomic E-state index is 12.7. The molecule has 0 fully saturated rings. The van der Waals surface area contributed by atoms with Crippen molar-refractivity contribution in [2.45, 2.75) is 19.4 Å². The summed E-state index contributed by atoms with van der Waals surface area (Å²) in [6.45, 7) is 1.80. The number of amides is 3. The number of carbonyl (C=O) groups is 2. The first-order valence-electron chi connectivity index (χ1n) is 10.2. The van der Waals surface area contributed by atoms with Crippen LogP contribution in [-0.4, -0.2) is 37.0 Å². The molecule has 160 valence electrons. The van der Waals surface area contributed by atoms with Crippen LogP contribution in [0, 0.1) is 0 Å². The molecule has 0 bridgehead atoms. The molecule has 0 atom stereocenters. The Hall–Kier alpha value is -3.32. The number of carbonyl (C=O) groups excluding carboxylic acids is 2. The van der Waals surface area contributed by atoms with Crippen molar-refractivity contribution in [1.82, 2.24) is 10.2 Å². The van der Waals surface area contributed by atoms with Gasteiger partial charge in [-0.2, -0.15) is 0 Å². The Bertz CT molecular complexity index is 1050. The summed E-state index contributed by atoms with van der Waals surface area (Å²) in [6, 6.07) is 17.2. The van der Waals surface area contributed by atoms with Gasteiger partial charge in [0.25, 0.3) is 5.91 Å². The number of fused-ring (bicyclic) bond motifs is 1. The molecule has 0 spiro atoms. The largest absolute Gasteiger partial charge is 0.497 e. The number of urea groups is 1. The fraction of sp³-hybridized carbons (Fsp3) is 0.250. The van der Waals surface area contributed by atoms with E-state index < -0.39 is 0 Å². The molecule has 1 aromatic heterocycles. The van der Waals surface area contributed by atoms with Gasteiger partial charge in [-0.15, -0.1) is 11.3 Å². The van der Waals surface area contributed by atoms with Gasteiger partial charge in [-0.3, -0.25) is 4.79 Å². The van der Waals surface area contributed by atoms with E-state index in [-0.39, 0.29) is 11.9 Å². The van der Waals surface area contributed by atoms with Crippen molar-refractivity contribution < 1.29 is 14.3 Å². The minimum absolute atomic E-state index is 0.0651. The van der Waals surface area contributed by atoms with E-state index in [0.29, 0.717) is 19.6 Å². The van der Waals surface area contributed by atoms with E-state index in [1.54, 1.807) is 7.11 Å². The lowest BCUT2D eigenvalue weighted by molar-refractivity contribution is 0.0739. The van der Waals surface area contributed by atoms with E-state index in [9.17, 15) is 9.59 Å². The molecule has 31 heavy (non-hydrogen) atoms. The lowest BCUT2D eigenvalue weighted by Crippen LogP contribution is -2.35. The number of hydrogen-bond acceptors (Lipinski definition) is 4. The van der Waals surface area contributed by atoms with Gasteiger partial charge in [0.2, 0.25) is 0 Å². The first-order chi connectivity index (χ1) is 15.1. The number of nitrogens with one attached hydrogen (secondary N) is 2. The van der Waals surface area contributed by atoms with Gasteiger partial charge in [0.05, 0.1) is 12.0 Å². The quantitative estimate of drug-likeness (QED) is 0.606. The van der Waals surface area contributed by atoms with Gasteiger partial charge in [-0.05, 0) is 65.2 Å². The summed E-state index contributed by atoms with van der Waals surface area (Å²) in [5.74, 6) is 0.882. The molecule has 0 radical (unpaired) electrons. The fourth-order valence-corrected chi connectivity index (χ4v) is 4.34. The van der Waals surface area contributed by atoms with Gasteiger partial charge in [0.15, 0.2) is 0 Å². The van der Waals surface area contributed by atoms with Crippen molar-refractivity contribution >= 4 is 29.0 Å². The van der Waals surface area contributed by atoms with E-state index in [4.69, 9.17) is 4.74 Å². The van der Waals surface area contributed by atoms with Crippen LogP contribution >= 0.6 is 11.3 Å². The molecule has 3 aromatic rings. The summed E-state index contributed by atoms with van der Waals surface area (Å²) >= 11 is 1.46. The second kappa shape index (κ2) is 9.66. The summed E-state index contributed by atoms with van der Waals surface area (Å²) in [5, 5.41) is 7.70. The zero-order valence-corrected chi connectivity index (χ0v) is 18.2. The number of anilines is 1. The van der Waals surface area contributed by atoms with Crippen molar-refractivity contribution in [2.75, 3.05) is 25.5 Å². The Morgan fingerprint density at radius 3 is 2.68 bits per heavy atom. The average molecular weight is 436 g/mol. The van der Waals surface area contributed by atoms with Crippen molar-refractivity contribution in [3.63, 3.8) is 0 Å². The van der Waals surface area contributed by atoms with Crippen molar-refractivity contribution in [3.8, 4) is 5.75 Å². The van der Waals surface area contributed by atoms with Crippen molar-refractivity contribution in [2.24, 2.45) is 0 Å². The van der Waals surface area contributed by atoms with Gasteiger partial charge in [0.1, 0.15) is 5.75 Å². The highest BCUT2D eigenvalue weighted by Gasteiger charge is 2.22. The second-order valence-electron chi connectivity index (χ2n) is 7.42. The van der Waals surface area contributed by atoms with Crippen LogP contribution in [-0.2, 0) is 19.4 Å². The third-order valence-electron chi connectivity index (χ3n) is 5.35. The van der Waals surface area contributed by atoms with E-state index >= 15 is 0 Å². The van der Waals surface area contributed by atoms with Crippen LogP contribution in [0.15, 0.2) is 60.0 Å². The van der Waals surface area contributed by atoms with Gasteiger partial charge in [0, 0.05) is 25.3 Å². The zero-order valence-electron chi connectivity index (χ0n) is 17.4. The highest BCUT2D eigenvalue weighted by molar-refractivity contribution is 7.12. The van der Waals surface area contributed by atoms with E-state index in [1.165, 1.54) is 16.9 Å². The third kappa shape index (κ3) is 5.24. The number of thiophene rings is 1. The minimum atomic E-state index is -0.240. The van der Waals surface area contributed by atoms with Crippen molar-refractivity contribution in [3.05, 3.63) is 81.5 Å². The molecule has 1 aliphatic heterocycles. The number of benzene rings is 2. The molecular weight excluding hydrogens is 410 g/mol. The van der Waals surface area contributed by atoms with Gasteiger partial charge >= 0.3 is 6.03 Å².